The molecule has 1 N–H and O–H groups in total. The molecular formula is C10H24ClN3O2S. The molecule has 104 valence electrons. The van der Waals surface area contributed by atoms with Gasteiger partial charge in [0, 0.05) is 32.2 Å². The smallest absolute Gasteiger partial charge is 0.282 e. The molecule has 5 nitrogen and oxygen atoms in total. The van der Waals surface area contributed by atoms with Crippen LogP contribution in [0.25, 0.3) is 0 Å². The van der Waals surface area contributed by atoms with Gasteiger partial charge in [-0.15, -0.1) is 12.4 Å². The van der Waals surface area contributed by atoms with Crippen molar-refractivity contribution in [1.82, 2.24) is 13.9 Å². The molecule has 7 heteroatoms. The van der Waals surface area contributed by atoms with E-state index >= 15 is 0 Å². The summed E-state index contributed by atoms with van der Waals surface area (Å²) in [5.41, 5.74) is 0. The Morgan fingerprint density at radius 2 is 1.94 bits per heavy atom. The van der Waals surface area contributed by atoms with E-state index in [4.69, 9.17) is 0 Å². The first kappa shape index (κ1) is 17.1. The van der Waals surface area contributed by atoms with Crippen LogP contribution in [0.1, 0.15) is 26.7 Å². The van der Waals surface area contributed by atoms with Crippen molar-refractivity contribution in [2.45, 2.75) is 32.7 Å². The maximum absolute atomic E-state index is 12.3. The van der Waals surface area contributed by atoms with Crippen LogP contribution >= 0.6 is 12.4 Å². The average Bonchev–Trinajstić information content (AvgIpc) is 2.68. The van der Waals surface area contributed by atoms with E-state index in [0.29, 0.717) is 19.6 Å². The largest absolute Gasteiger partial charge is 0.318 e. The second-order valence-corrected chi connectivity index (χ2v) is 5.94. The van der Waals surface area contributed by atoms with E-state index in [0.717, 1.165) is 19.4 Å². The van der Waals surface area contributed by atoms with E-state index in [1.165, 1.54) is 4.31 Å². The molecule has 0 bridgehead atoms. The van der Waals surface area contributed by atoms with Gasteiger partial charge in [-0.3, -0.25) is 0 Å². The zero-order chi connectivity index (χ0) is 12.2. The maximum Gasteiger partial charge on any atom is 0.282 e. The second kappa shape index (κ2) is 7.53. The van der Waals surface area contributed by atoms with E-state index in [1.54, 1.807) is 4.31 Å². The summed E-state index contributed by atoms with van der Waals surface area (Å²) >= 11 is 0. The van der Waals surface area contributed by atoms with Crippen LogP contribution < -0.4 is 5.32 Å². The molecule has 17 heavy (non-hydrogen) atoms. The first-order chi connectivity index (χ1) is 7.57. The van der Waals surface area contributed by atoms with Gasteiger partial charge in [0.25, 0.3) is 10.2 Å². The lowest BCUT2D eigenvalue weighted by molar-refractivity contribution is 0.330. The molecule has 1 heterocycles. The van der Waals surface area contributed by atoms with Crippen LogP contribution in [-0.4, -0.2) is 56.3 Å². The molecule has 0 amide bonds. The first-order valence-electron chi connectivity index (χ1n) is 5.99. The minimum absolute atomic E-state index is 0. The Morgan fingerprint density at radius 1 is 1.35 bits per heavy atom. The van der Waals surface area contributed by atoms with E-state index in [1.807, 2.05) is 20.9 Å². The third-order valence-corrected chi connectivity index (χ3v) is 5.33. The molecule has 1 rings (SSSR count). The zero-order valence-electron chi connectivity index (χ0n) is 10.8. The molecule has 0 saturated carbocycles. The lowest BCUT2D eigenvalue weighted by Crippen LogP contribution is -2.48. The Bertz CT molecular complexity index is 307. The van der Waals surface area contributed by atoms with Crippen molar-refractivity contribution >= 4 is 22.6 Å². The SMILES string of the molecule is CCN(CC)S(=O)(=O)N1CCCC1CNC.Cl. The van der Waals surface area contributed by atoms with Crippen LogP contribution in [0, 0.1) is 0 Å². The first-order valence-corrected chi connectivity index (χ1v) is 7.39. The third-order valence-electron chi connectivity index (χ3n) is 3.09. The minimum Gasteiger partial charge on any atom is -0.318 e. The standard InChI is InChI=1S/C10H23N3O2S.ClH/c1-4-12(5-2)16(14,15)13-8-6-7-10(13)9-11-3;/h10-11H,4-9H2,1-3H3;1H. The molecule has 1 saturated heterocycles. The van der Waals surface area contributed by atoms with Crippen molar-refractivity contribution in [1.29, 1.82) is 0 Å². The number of nitrogens with zero attached hydrogens (tertiary/aromatic N) is 2. The van der Waals surface area contributed by atoms with Crippen molar-refractivity contribution in [3.63, 3.8) is 0 Å². The number of likely N-dealkylation sites (N-methyl/N-ethyl adjacent to an activating group) is 1. The zero-order valence-corrected chi connectivity index (χ0v) is 12.5. The van der Waals surface area contributed by atoms with Crippen LogP contribution in [0.2, 0.25) is 0 Å². The molecule has 1 aliphatic rings. The van der Waals surface area contributed by atoms with Crippen molar-refractivity contribution in [3.8, 4) is 0 Å². The van der Waals surface area contributed by atoms with Gasteiger partial charge in [-0.1, -0.05) is 13.8 Å². The summed E-state index contributed by atoms with van der Waals surface area (Å²) in [6.07, 6.45) is 1.92. The second-order valence-electron chi connectivity index (χ2n) is 4.06. The van der Waals surface area contributed by atoms with Crippen molar-refractivity contribution < 1.29 is 8.42 Å². The molecule has 0 aromatic heterocycles. The third kappa shape index (κ3) is 3.79. The number of rotatable bonds is 6. The minimum atomic E-state index is -3.25. The van der Waals surface area contributed by atoms with Gasteiger partial charge in [-0.05, 0) is 19.9 Å². The van der Waals surface area contributed by atoms with Gasteiger partial charge in [0.2, 0.25) is 0 Å². The predicted octanol–water partition coefficient (Wildman–Crippen LogP) is 0.679. The van der Waals surface area contributed by atoms with Crippen molar-refractivity contribution in [3.05, 3.63) is 0 Å². The number of nitrogens with one attached hydrogen (secondary N) is 1. The summed E-state index contributed by atoms with van der Waals surface area (Å²) in [4.78, 5) is 0. The van der Waals surface area contributed by atoms with Gasteiger partial charge in [0.05, 0.1) is 0 Å². The van der Waals surface area contributed by atoms with Crippen LogP contribution in [0.3, 0.4) is 0 Å². The lowest BCUT2D eigenvalue weighted by Gasteiger charge is -2.29. The van der Waals surface area contributed by atoms with Gasteiger partial charge in [-0.25, -0.2) is 0 Å². The number of hydrogen-bond acceptors (Lipinski definition) is 3. The van der Waals surface area contributed by atoms with Gasteiger partial charge in [0.1, 0.15) is 0 Å². The molecule has 0 aliphatic carbocycles. The van der Waals surface area contributed by atoms with Crippen LogP contribution in [-0.2, 0) is 10.2 Å². The van der Waals surface area contributed by atoms with E-state index in [2.05, 4.69) is 5.32 Å². The predicted molar refractivity (Wildman–Crippen MR) is 72.7 cm³/mol. The average molecular weight is 286 g/mol. The van der Waals surface area contributed by atoms with E-state index < -0.39 is 10.2 Å². The molecule has 0 radical (unpaired) electrons. The molecule has 0 spiro atoms. The molecular weight excluding hydrogens is 262 g/mol. The fourth-order valence-corrected chi connectivity index (χ4v) is 4.12. The Morgan fingerprint density at radius 3 is 2.41 bits per heavy atom. The highest BCUT2D eigenvalue weighted by Crippen LogP contribution is 2.22. The van der Waals surface area contributed by atoms with Crippen molar-refractivity contribution in [2.75, 3.05) is 33.2 Å². The summed E-state index contributed by atoms with van der Waals surface area (Å²) in [6, 6.07) is 0.121. The highest BCUT2D eigenvalue weighted by atomic mass is 35.5. The summed E-state index contributed by atoms with van der Waals surface area (Å²) < 4.78 is 27.8. The molecule has 0 aromatic rings. The number of hydrogen-bond donors (Lipinski definition) is 1. The lowest BCUT2D eigenvalue weighted by atomic mass is 10.2. The maximum atomic E-state index is 12.3. The van der Waals surface area contributed by atoms with E-state index in [-0.39, 0.29) is 18.4 Å². The molecule has 1 unspecified atom stereocenters. The van der Waals surface area contributed by atoms with Gasteiger partial charge < -0.3 is 5.32 Å². The Labute approximate surface area is 111 Å². The highest BCUT2D eigenvalue weighted by molar-refractivity contribution is 7.86. The fourth-order valence-electron chi connectivity index (χ4n) is 2.25. The molecule has 0 aromatic carbocycles. The number of halogens is 1. The Hall–Kier alpha value is 0.120. The summed E-state index contributed by atoms with van der Waals surface area (Å²) in [5, 5.41) is 3.06. The molecule has 1 atom stereocenters. The van der Waals surface area contributed by atoms with Crippen LogP contribution in [0.5, 0.6) is 0 Å². The monoisotopic (exact) mass is 285 g/mol. The van der Waals surface area contributed by atoms with E-state index in [9.17, 15) is 8.42 Å². The topological polar surface area (TPSA) is 52.7 Å². The Kier molecular flexibility index (Phi) is 7.58. The van der Waals surface area contributed by atoms with Gasteiger partial charge in [-0.2, -0.15) is 17.0 Å². The van der Waals surface area contributed by atoms with Crippen LogP contribution in [0.15, 0.2) is 0 Å². The quantitative estimate of drug-likeness (QED) is 0.781. The highest BCUT2D eigenvalue weighted by Gasteiger charge is 2.36. The van der Waals surface area contributed by atoms with Gasteiger partial charge in [0.15, 0.2) is 0 Å². The summed E-state index contributed by atoms with van der Waals surface area (Å²) in [7, 11) is -1.38. The normalized spacial score (nSPS) is 21.8. The molecule has 1 fully saturated rings. The van der Waals surface area contributed by atoms with Crippen LogP contribution in [0.4, 0.5) is 0 Å². The fraction of sp³-hybridized carbons (Fsp3) is 1.00. The van der Waals surface area contributed by atoms with Crippen molar-refractivity contribution in [2.24, 2.45) is 0 Å². The summed E-state index contributed by atoms with van der Waals surface area (Å²) in [6.45, 7) is 6.24. The molecule has 1 aliphatic heterocycles. The summed E-state index contributed by atoms with van der Waals surface area (Å²) in [5.74, 6) is 0. The Balaban J connectivity index is 0.00000256. The van der Waals surface area contributed by atoms with Gasteiger partial charge >= 0.3 is 0 Å².